The molecule has 0 N–H and O–H groups in total. The highest BCUT2D eigenvalue weighted by molar-refractivity contribution is 6.30. The molecule has 0 aromatic heterocycles. The maximum atomic E-state index is 5.76. The lowest BCUT2D eigenvalue weighted by atomic mass is 10.3. The molecule has 84 valence electrons. The molecule has 0 radical (unpaired) electrons. The Balaban J connectivity index is 2.66. The first-order valence-corrected chi connectivity index (χ1v) is 5.23. The van der Waals surface area contributed by atoms with E-state index in [0.29, 0.717) is 10.8 Å². The Bertz CT molecular complexity index is 407. The third kappa shape index (κ3) is 3.87. The quantitative estimate of drug-likeness (QED) is 0.713. The average molecular weight is 236 g/mol. The molecule has 0 bridgehead atoms. The van der Waals surface area contributed by atoms with Gasteiger partial charge in [0.15, 0.2) is 0 Å². The summed E-state index contributed by atoms with van der Waals surface area (Å²) in [6, 6.07) is 7.15. The van der Waals surface area contributed by atoms with Crippen LogP contribution in [0.2, 0.25) is 5.02 Å². The summed E-state index contributed by atoms with van der Waals surface area (Å²) >= 11 is 5.76. The van der Waals surface area contributed by atoms with Crippen molar-refractivity contribution in [2.75, 3.05) is 7.05 Å². The van der Waals surface area contributed by atoms with Gasteiger partial charge in [-0.2, -0.15) is 0 Å². The zero-order valence-corrected chi connectivity index (χ0v) is 10.1. The summed E-state index contributed by atoms with van der Waals surface area (Å²) < 4.78 is 0. The summed E-state index contributed by atoms with van der Waals surface area (Å²) in [6.45, 7) is 5.72. The monoisotopic (exact) mass is 235 g/mol. The van der Waals surface area contributed by atoms with E-state index in [-0.39, 0.29) is 0 Å². The second-order valence-corrected chi connectivity index (χ2v) is 3.62. The fraction of sp³-hybridized carbons (Fsp3) is 0.167. The maximum Gasteiger partial charge on any atom is 0.147 e. The molecular formula is C12H14ClN3. The Morgan fingerprint density at radius 2 is 2.00 bits per heavy atom. The lowest BCUT2D eigenvalue weighted by Gasteiger charge is -2.10. The molecule has 0 atom stereocenters. The standard InChI is InChI=1S/C12H14ClN3/c1-4-9-16(3)10(2)14-15-12-7-5-11(13)6-8-12/h4-9H,2H2,1,3H3/b9-4-,15-14+. The van der Waals surface area contributed by atoms with Crippen molar-refractivity contribution in [3.8, 4) is 0 Å². The minimum Gasteiger partial charge on any atom is -0.335 e. The van der Waals surface area contributed by atoms with Crippen LogP contribution >= 0.6 is 11.6 Å². The van der Waals surface area contributed by atoms with E-state index in [1.165, 1.54) is 0 Å². The highest BCUT2D eigenvalue weighted by Crippen LogP contribution is 2.17. The van der Waals surface area contributed by atoms with Gasteiger partial charge >= 0.3 is 0 Å². The van der Waals surface area contributed by atoms with Gasteiger partial charge in [0.25, 0.3) is 0 Å². The smallest absolute Gasteiger partial charge is 0.147 e. The van der Waals surface area contributed by atoms with Gasteiger partial charge in [-0.1, -0.05) is 24.3 Å². The van der Waals surface area contributed by atoms with Crippen LogP contribution in [0.1, 0.15) is 6.92 Å². The van der Waals surface area contributed by atoms with Crippen molar-refractivity contribution >= 4 is 17.3 Å². The van der Waals surface area contributed by atoms with E-state index in [9.17, 15) is 0 Å². The molecule has 16 heavy (non-hydrogen) atoms. The molecule has 4 heteroatoms. The number of halogens is 1. The summed E-state index contributed by atoms with van der Waals surface area (Å²) in [7, 11) is 1.86. The van der Waals surface area contributed by atoms with Crippen LogP contribution in [0.5, 0.6) is 0 Å². The topological polar surface area (TPSA) is 28.0 Å². The number of benzene rings is 1. The van der Waals surface area contributed by atoms with E-state index in [4.69, 9.17) is 11.6 Å². The van der Waals surface area contributed by atoms with E-state index in [2.05, 4.69) is 16.8 Å². The molecule has 0 saturated carbocycles. The summed E-state index contributed by atoms with van der Waals surface area (Å²) in [5.41, 5.74) is 0.749. The molecule has 0 aliphatic rings. The SMILES string of the molecule is C=C(/N=N/c1ccc(Cl)cc1)N(C)/C=C\C. The van der Waals surface area contributed by atoms with Gasteiger partial charge in [-0.05, 0) is 31.2 Å². The Morgan fingerprint density at radius 1 is 1.38 bits per heavy atom. The number of nitrogens with zero attached hydrogens (tertiary/aromatic N) is 3. The van der Waals surface area contributed by atoms with Gasteiger partial charge in [-0.15, -0.1) is 10.2 Å². The molecule has 0 fully saturated rings. The second kappa shape index (κ2) is 6.08. The molecular weight excluding hydrogens is 222 g/mol. The van der Waals surface area contributed by atoms with Crippen LogP contribution in [0, 0.1) is 0 Å². The fourth-order valence-corrected chi connectivity index (χ4v) is 1.13. The predicted octanol–water partition coefficient (Wildman–Crippen LogP) is 4.36. The largest absolute Gasteiger partial charge is 0.335 e. The van der Waals surface area contributed by atoms with Crippen molar-refractivity contribution < 1.29 is 0 Å². The Morgan fingerprint density at radius 3 is 2.56 bits per heavy atom. The van der Waals surface area contributed by atoms with E-state index in [1.807, 2.05) is 26.2 Å². The molecule has 0 spiro atoms. The van der Waals surface area contributed by atoms with E-state index < -0.39 is 0 Å². The van der Waals surface area contributed by atoms with Crippen LogP contribution in [0.3, 0.4) is 0 Å². The molecule has 1 rings (SSSR count). The van der Waals surface area contributed by atoms with Crippen molar-refractivity contribution in [2.45, 2.75) is 6.92 Å². The summed E-state index contributed by atoms with van der Waals surface area (Å²) in [5.74, 6) is 0.577. The van der Waals surface area contributed by atoms with Crippen LogP contribution in [0.15, 0.2) is 59.2 Å². The first-order chi connectivity index (χ1) is 7.63. The van der Waals surface area contributed by atoms with Crippen LogP contribution in [-0.4, -0.2) is 11.9 Å². The lowest BCUT2D eigenvalue weighted by molar-refractivity contribution is 0.555. The zero-order chi connectivity index (χ0) is 12.0. The van der Waals surface area contributed by atoms with Crippen LogP contribution in [0.4, 0.5) is 5.69 Å². The molecule has 0 unspecified atom stereocenters. The zero-order valence-electron chi connectivity index (χ0n) is 9.39. The first kappa shape index (κ1) is 12.5. The van der Waals surface area contributed by atoms with Gasteiger partial charge in [-0.3, -0.25) is 0 Å². The van der Waals surface area contributed by atoms with Gasteiger partial charge in [0, 0.05) is 18.3 Å². The molecule has 0 amide bonds. The van der Waals surface area contributed by atoms with Crippen molar-refractivity contribution in [1.82, 2.24) is 4.90 Å². The molecule has 0 heterocycles. The molecule has 0 saturated heterocycles. The number of hydrogen-bond donors (Lipinski definition) is 0. The van der Waals surface area contributed by atoms with Crippen molar-refractivity contribution in [2.24, 2.45) is 10.2 Å². The Hall–Kier alpha value is -1.61. The molecule has 1 aromatic rings. The van der Waals surface area contributed by atoms with E-state index >= 15 is 0 Å². The number of allylic oxidation sites excluding steroid dienone is 1. The number of rotatable bonds is 4. The molecule has 3 nitrogen and oxygen atoms in total. The average Bonchev–Trinajstić information content (AvgIpc) is 2.28. The third-order valence-electron chi connectivity index (χ3n) is 1.89. The fourth-order valence-electron chi connectivity index (χ4n) is 1.00. The minimum atomic E-state index is 0.577. The van der Waals surface area contributed by atoms with Gasteiger partial charge in [0.1, 0.15) is 5.82 Å². The van der Waals surface area contributed by atoms with E-state index in [0.717, 1.165) is 5.69 Å². The highest BCUT2D eigenvalue weighted by atomic mass is 35.5. The third-order valence-corrected chi connectivity index (χ3v) is 2.14. The first-order valence-electron chi connectivity index (χ1n) is 4.85. The molecule has 0 aliphatic carbocycles. The minimum absolute atomic E-state index is 0.577. The van der Waals surface area contributed by atoms with Crippen LogP contribution < -0.4 is 0 Å². The summed E-state index contributed by atoms with van der Waals surface area (Å²) in [4.78, 5) is 1.79. The summed E-state index contributed by atoms with van der Waals surface area (Å²) in [5, 5.41) is 8.73. The van der Waals surface area contributed by atoms with Crippen LogP contribution in [-0.2, 0) is 0 Å². The Labute approximate surface area is 101 Å². The van der Waals surface area contributed by atoms with Crippen molar-refractivity contribution in [1.29, 1.82) is 0 Å². The predicted molar refractivity (Wildman–Crippen MR) is 67.7 cm³/mol. The van der Waals surface area contributed by atoms with Crippen molar-refractivity contribution in [3.05, 3.63) is 54.0 Å². The lowest BCUT2D eigenvalue weighted by Crippen LogP contribution is -2.06. The number of azo groups is 1. The second-order valence-electron chi connectivity index (χ2n) is 3.19. The van der Waals surface area contributed by atoms with Crippen molar-refractivity contribution in [3.63, 3.8) is 0 Å². The normalized spacial score (nSPS) is 11.2. The van der Waals surface area contributed by atoms with Gasteiger partial charge in [0.05, 0.1) is 5.69 Å². The molecule has 0 aliphatic heterocycles. The van der Waals surface area contributed by atoms with E-state index in [1.54, 1.807) is 29.2 Å². The Kier molecular flexibility index (Phi) is 4.73. The van der Waals surface area contributed by atoms with Crippen LogP contribution in [0.25, 0.3) is 0 Å². The summed E-state index contributed by atoms with van der Waals surface area (Å²) in [6.07, 6.45) is 3.77. The van der Waals surface area contributed by atoms with Gasteiger partial charge < -0.3 is 4.90 Å². The number of hydrogen-bond acceptors (Lipinski definition) is 3. The van der Waals surface area contributed by atoms with Gasteiger partial charge in [-0.25, -0.2) is 0 Å². The molecule has 1 aromatic carbocycles. The maximum absolute atomic E-state index is 5.76. The highest BCUT2D eigenvalue weighted by Gasteiger charge is 1.95. The van der Waals surface area contributed by atoms with Gasteiger partial charge in [0.2, 0.25) is 0 Å².